The molecule has 2 aromatic rings. The van der Waals surface area contributed by atoms with Crippen molar-refractivity contribution in [2.45, 2.75) is 6.92 Å². The zero-order chi connectivity index (χ0) is 17.4. The molecule has 0 fully saturated rings. The average Bonchev–Trinajstić information content (AvgIpc) is 2.82. The number of halogens is 1. The highest BCUT2D eigenvalue weighted by molar-refractivity contribution is 6.36. The molecule has 1 aliphatic rings. The van der Waals surface area contributed by atoms with Crippen molar-refractivity contribution in [3.05, 3.63) is 74.3 Å². The van der Waals surface area contributed by atoms with Crippen LogP contribution in [0.25, 0.3) is 5.76 Å². The van der Waals surface area contributed by atoms with Crippen molar-refractivity contribution >= 4 is 40.2 Å². The number of nitro benzene ring substituents is 1. The van der Waals surface area contributed by atoms with Crippen molar-refractivity contribution in [3.63, 3.8) is 0 Å². The van der Waals surface area contributed by atoms with E-state index in [4.69, 9.17) is 11.6 Å². The van der Waals surface area contributed by atoms with Gasteiger partial charge in [0.05, 0.1) is 21.9 Å². The van der Waals surface area contributed by atoms with Crippen LogP contribution in [0.2, 0.25) is 5.02 Å². The molecule has 7 heteroatoms. The number of Topliss-reactive ketones (excluding diaryl/α,β-unsaturated/α-hetero) is 1. The minimum Gasteiger partial charge on any atom is -0.506 e. The van der Waals surface area contributed by atoms with Gasteiger partial charge in [0, 0.05) is 16.7 Å². The Labute approximate surface area is 141 Å². The van der Waals surface area contributed by atoms with E-state index in [0.29, 0.717) is 16.3 Å². The number of hydrogen-bond acceptors (Lipinski definition) is 5. The summed E-state index contributed by atoms with van der Waals surface area (Å²) in [6.07, 6.45) is 0. The second kappa shape index (κ2) is 5.90. The fraction of sp³-hybridized carbons (Fsp3) is 0.0588. The maximum Gasteiger partial charge on any atom is 0.281 e. The topological polar surface area (TPSA) is 92.8 Å². The van der Waals surface area contributed by atoms with E-state index in [1.807, 2.05) is 0 Å². The molecule has 1 N–H and O–H groups in total. The Morgan fingerprint density at radius 3 is 2.46 bits per heavy atom. The fourth-order valence-electron chi connectivity index (χ4n) is 2.60. The fourth-order valence-corrected chi connectivity index (χ4v) is 2.73. The van der Waals surface area contributed by atoms with Crippen molar-refractivity contribution in [2.75, 3.05) is 0 Å². The van der Waals surface area contributed by atoms with Crippen LogP contribution in [0.15, 0.2) is 53.0 Å². The molecule has 0 unspecified atom stereocenters. The summed E-state index contributed by atoms with van der Waals surface area (Å²) in [4.78, 5) is 27.0. The van der Waals surface area contributed by atoms with Gasteiger partial charge in [0.2, 0.25) is 0 Å². The van der Waals surface area contributed by atoms with Crippen molar-refractivity contribution in [1.29, 1.82) is 0 Å². The Balaban J connectivity index is 2.28. The van der Waals surface area contributed by atoms with Gasteiger partial charge in [-0.2, -0.15) is 0 Å². The summed E-state index contributed by atoms with van der Waals surface area (Å²) in [5, 5.41) is 22.1. The highest BCUT2D eigenvalue weighted by Gasteiger charge is 2.36. The minimum atomic E-state index is -0.599. The van der Waals surface area contributed by atoms with E-state index in [9.17, 15) is 20.0 Å². The molecule has 0 saturated carbocycles. The monoisotopic (exact) mass is 342 g/mol. The van der Waals surface area contributed by atoms with E-state index in [1.54, 1.807) is 30.3 Å². The Morgan fingerprint density at radius 2 is 1.88 bits per heavy atom. The van der Waals surface area contributed by atoms with Crippen molar-refractivity contribution in [1.82, 2.24) is 0 Å². The standard InChI is InChI=1S/C17H11ClN2O4/c1-9(21)14-16(19-11-7-5-10(18)6-8-11)12-3-2-4-13(20(23)24)15(12)17(14)22/h2-8,22H,1H3. The van der Waals surface area contributed by atoms with Gasteiger partial charge in [-0.05, 0) is 31.2 Å². The molecule has 0 heterocycles. The van der Waals surface area contributed by atoms with Crippen molar-refractivity contribution in [3.8, 4) is 0 Å². The van der Waals surface area contributed by atoms with E-state index in [-0.39, 0.29) is 22.5 Å². The second-order valence-corrected chi connectivity index (χ2v) is 5.61. The molecule has 0 aromatic heterocycles. The van der Waals surface area contributed by atoms with Crippen LogP contribution in [-0.4, -0.2) is 21.5 Å². The maximum absolute atomic E-state index is 12.0. The van der Waals surface area contributed by atoms with Gasteiger partial charge in [0.15, 0.2) is 5.78 Å². The lowest BCUT2D eigenvalue weighted by atomic mass is 10.0. The molecule has 120 valence electrons. The van der Waals surface area contributed by atoms with Gasteiger partial charge in [-0.25, -0.2) is 4.99 Å². The van der Waals surface area contributed by atoms with Gasteiger partial charge in [0.25, 0.3) is 5.69 Å². The van der Waals surface area contributed by atoms with E-state index in [2.05, 4.69) is 4.99 Å². The molecule has 24 heavy (non-hydrogen) atoms. The van der Waals surface area contributed by atoms with Gasteiger partial charge in [0.1, 0.15) is 11.3 Å². The highest BCUT2D eigenvalue weighted by Crippen LogP contribution is 2.39. The maximum atomic E-state index is 12.0. The molecule has 0 atom stereocenters. The number of hydrogen-bond donors (Lipinski definition) is 1. The van der Waals surface area contributed by atoms with Crippen LogP contribution >= 0.6 is 11.6 Å². The third-order valence-corrected chi connectivity index (χ3v) is 3.88. The predicted molar refractivity (Wildman–Crippen MR) is 91.0 cm³/mol. The largest absolute Gasteiger partial charge is 0.506 e. The van der Waals surface area contributed by atoms with Gasteiger partial charge in [-0.15, -0.1) is 0 Å². The molecule has 1 aliphatic carbocycles. The van der Waals surface area contributed by atoms with Crippen LogP contribution < -0.4 is 0 Å². The summed E-state index contributed by atoms with van der Waals surface area (Å²) in [6.45, 7) is 1.28. The summed E-state index contributed by atoms with van der Waals surface area (Å²) < 4.78 is 0. The molecule has 0 amide bonds. The zero-order valence-electron chi connectivity index (χ0n) is 12.5. The van der Waals surface area contributed by atoms with Crippen LogP contribution in [0, 0.1) is 10.1 Å². The third-order valence-electron chi connectivity index (χ3n) is 3.62. The van der Waals surface area contributed by atoms with E-state index >= 15 is 0 Å². The van der Waals surface area contributed by atoms with Gasteiger partial charge >= 0.3 is 0 Å². The van der Waals surface area contributed by atoms with Gasteiger partial charge < -0.3 is 5.11 Å². The molecule has 6 nitrogen and oxygen atoms in total. The van der Waals surface area contributed by atoms with Gasteiger partial charge in [-0.3, -0.25) is 14.9 Å². The Kier molecular flexibility index (Phi) is 3.91. The molecule has 0 radical (unpaired) electrons. The van der Waals surface area contributed by atoms with Crippen LogP contribution in [0.5, 0.6) is 0 Å². The quantitative estimate of drug-likeness (QED) is 0.666. The molecular weight excluding hydrogens is 332 g/mol. The summed E-state index contributed by atoms with van der Waals surface area (Å²) in [7, 11) is 0. The smallest absolute Gasteiger partial charge is 0.281 e. The number of aliphatic imine (C=N–C) groups is 1. The lowest BCUT2D eigenvalue weighted by Gasteiger charge is -2.04. The number of ketones is 1. The first kappa shape index (κ1) is 15.9. The van der Waals surface area contributed by atoms with Crippen molar-refractivity contribution < 1.29 is 14.8 Å². The molecule has 0 spiro atoms. The van der Waals surface area contributed by atoms with Gasteiger partial charge in [-0.1, -0.05) is 23.7 Å². The first-order chi connectivity index (χ1) is 11.4. The number of aliphatic hydroxyl groups is 1. The summed E-state index contributed by atoms with van der Waals surface area (Å²) in [6, 6.07) is 10.9. The van der Waals surface area contributed by atoms with E-state index in [1.165, 1.54) is 19.1 Å². The normalized spacial score (nSPS) is 14.8. The van der Waals surface area contributed by atoms with Crippen LogP contribution in [0.3, 0.4) is 0 Å². The first-order valence-electron chi connectivity index (χ1n) is 6.97. The number of rotatable bonds is 3. The Bertz CT molecular complexity index is 930. The van der Waals surface area contributed by atoms with Crippen LogP contribution in [-0.2, 0) is 4.79 Å². The Morgan fingerprint density at radius 1 is 1.21 bits per heavy atom. The number of nitro groups is 1. The Hall–Kier alpha value is -2.99. The van der Waals surface area contributed by atoms with Crippen LogP contribution in [0.1, 0.15) is 18.1 Å². The molecule has 0 bridgehead atoms. The zero-order valence-corrected chi connectivity index (χ0v) is 13.2. The number of aliphatic hydroxyl groups excluding tert-OH is 1. The summed E-state index contributed by atoms with van der Waals surface area (Å²) in [5.74, 6) is -0.844. The number of benzene rings is 2. The van der Waals surface area contributed by atoms with E-state index < -0.39 is 16.5 Å². The highest BCUT2D eigenvalue weighted by atomic mass is 35.5. The van der Waals surface area contributed by atoms with E-state index in [0.717, 1.165) is 0 Å². The average molecular weight is 343 g/mol. The second-order valence-electron chi connectivity index (χ2n) is 5.17. The number of fused-ring (bicyclic) bond motifs is 1. The molecule has 3 rings (SSSR count). The number of allylic oxidation sites excluding steroid dienone is 1. The number of carbonyl (C=O) groups excluding carboxylic acids is 1. The van der Waals surface area contributed by atoms with Crippen molar-refractivity contribution in [2.24, 2.45) is 4.99 Å². The summed E-state index contributed by atoms with van der Waals surface area (Å²) >= 11 is 5.84. The minimum absolute atomic E-state index is 0.0143. The molecule has 2 aromatic carbocycles. The first-order valence-corrected chi connectivity index (χ1v) is 7.35. The number of nitrogens with zero attached hydrogens (tertiary/aromatic N) is 2. The third kappa shape index (κ3) is 2.57. The molecular formula is C17H11ClN2O4. The molecule has 0 aliphatic heterocycles. The lowest BCUT2D eigenvalue weighted by Crippen LogP contribution is -2.08. The SMILES string of the molecule is CC(=O)C1=C(O)c2c(cccc2[N+](=O)[O-])C1=Nc1ccc(Cl)cc1. The predicted octanol–water partition coefficient (Wildman–Crippen LogP) is 4.24. The summed E-state index contributed by atoms with van der Waals surface area (Å²) in [5.41, 5.74) is 0.780. The number of carbonyl (C=O) groups is 1. The molecule has 0 saturated heterocycles. The van der Waals surface area contributed by atoms with Crippen LogP contribution in [0.4, 0.5) is 11.4 Å². The lowest BCUT2D eigenvalue weighted by molar-refractivity contribution is -0.385.